The second-order valence-corrected chi connectivity index (χ2v) is 7.16. The first-order chi connectivity index (χ1) is 13.6. The Morgan fingerprint density at radius 1 is 1.21 bits per heavy atom. The maximum atomic E-state index is 14.5. The lowest BCUT2D eigenvalue weighted by Crippen LogP contribution is -2.30. The van der Waals surface area contributed by atoms with E-state index in [1.54, 1.807) is 0 Å². The highest BCUT2D eigenvalue weighted by Crippen LogP contribution is 2.29. The zero-order chi connectivity index (χ0) is 19.5. The molecular weight excluding hydrogens is 383 g/mol. The number of hydrogen-bond donors (Lipinski definition) is 0. The lowest BCUT2D eigenvalue weighted by Gasteiger charge is -2.19. The summed E-state index contributed by atoms with van der Waals surface area (Å²) in [4.78, 5) is 14.6. The van der Waals surface area contributed by atoms with Gasteiger partial charge in [0.25, 0.3) is 0 Å². The van der Waals surface area contributed by atoms with E-state index >= 15 is 0 Å². The number of hydrogen-bond acceptors (Lipinski definition) is 6. The lowest BCUT2D eigenvalue weighted by atomic mass is 10.2. The molecule has 1 aliphatic rings. The molecule has 3 heterocycles. The maximum Gasteiger partial charge on any atom is 0.320 e. The van der Waals surface area contributed by atoms with Crippen LogP contribution >= 0.6 is 11.6 Å². The maximum absolute atomic E-state index is 14.5. The third kappa shape index (κ3) is 4.00. The standard InChI is InChI=1S/C20H20ClFN4O2/c1-26-9-5-8-14(26)12-28-20-24-17-15(10-23-18(21)16(17)22)19(25-20)27-11-13-6-3-2-4-7-13/h2-4,6-7,10,14H,5,8-9,11-12H2,1H3. The van der Waals surface area contributed by atoms with Gasteiger partial charge in [0.2, 0.25) is 5.88 Å². The lowest BCUT2D eigenvalue weighted by molar-refractivity contribution is 0.185. The van der Waals surface area contributed by atoms with Crippen LogP contribution in [0.1, 0.15) is 18.4 Å². The number of benzene rings is 1. The van der Waals surface area contributed by atoms with Crippen molar-refractivity contribution < 1.29 is 13.9 Å². The van der Waals surface area contributed by atoms with E-state index in [4.69, 9.17) is 21.1 Å². The Morgan fingerprint density at radius 3 is 2.79 bits per heavy atom. The van der Waals surface area contributed by atoms with Crippen molar-refractivity contribution in [2.75, 3.05) is 20.2 Å². The van der Waals surface area contributed by atoms with Crippen molar-refractivity contribution in [1.29, 1.82) is 0 Å². The molecule has 0 radical (unpaired) electrons. The van der Waals surface area contributed by atoms with Crippen LogP contribution in [0.15, 0.2) is 36.5 Å². The molecule has 0 amide bonds. The molecule has 3 aromatic rings. The zero-order valence-corrected chi connectivity index (χ0v) is 16.2. The molecular formula is C20H20ClFN4O2. The van der Waals surface area contributed by atoms with E-state index < -0.39 is 5.82 Å². The van der Waals surface area contributed by atoms with Crippen molar-refractivity contribution in [3.8, 4) is 11.9 Å². The molecule has 0 saturated carbocycles. The average Bonchev–Trinajstić information content (AvgIpc) is 3.13. The van der Waals surface area contributed by atoms with Crippen molar-refractivity contribution in [1.82, 2.24) is 19.9 Å². The summed E-state index contributed by atoms with van der Waals surface area (Å²) in [6.07, 6.45) is 3.59. The Kier molecular flexibility index (Phi) is 5.54. The smallest absolute Gasteiger partial charge is 0.320 e. The van der Waals surface area contributed by atoms with Crippen LogP contribution in [0.25, 0.3) is 10.9 Å². The largest absolute Gasteiger partial charge is 0.472 e. The molecule has 4 rings (SSSR count). The van der Waals surface area contributed by atoms with Gasteiger partial charge in [-0.3, -0.25) is 0 Å². The van der Waals surface area contributed by atoms with Gasteiger partial charge in [-0.2, -0.15) is 9.97 Å². The predicted octanol–water partition coefficient (Wildman–Crippen LogP) is 3.87. The molecule has 1 saturated heterocycles. The quantitative estimate of drug-likeness (QED) is 0.583. The molecule has 1 fully saturated rings. The number of fused-ring (bicyclic) bond motifs is 1. The average molecular weight is 403 g/mol. The van der Waals surface area contributed by atoms with Crippen LogP contribution in [-0.2, 0) is 6.61 Å². The van der Waals surface area contributed by atoms with Crippen molar-refractivity contribution >= 4 is 22.5 Å². The number of ether oxygens (including phenoxy) is 2. The molecule has 0 aliphatic carbocycles. The monoisotopic (exact) mass is 402 g/mol. The van der Waals surface area contributed by atoms with Gasteiger partial charge in [0.1, 0.15) is 18.7 Å². The first-order valence-corrected chi connectivity index (χ1v) is 9.51. The molecule has 2 aromatic heterocycles. The highest BCUT2D eigenvalue weighted by atomic mass is 35.5. The molecule has 6 nitrogen and oxygen atoms in total. The number of likely N-dealkylation sites (tertiary alicyclic amines) is 1. The Bertz CT molecular complexity index is 973. The summed E-state index contributed by atoms with van der Waals surface area (Å²) in [6, 6.07) is 10.0. The van der Waals surface area contributed by atoms with Gasteiger partial charge in [0.05, 0.1) is 5.39 Å². The topological polar surface area (TPSA) is 60.4 Å². The number of likely N-dealkylation sites (N-methyl/N-ethyl adjacent to an activating group) is 1. The van der Waals surface area contributed by atoms with Crippen LogP contribution in [0.5, 0.6) is 11.9 Å². The van der Waals surface area contributed by atoms with Crippen molar-refractivity contribution in [3.63, 3.8) is 0 Å². The van der Waals surface area contributed by atoms with E-state index in [0.717, 1.165) is 24.9 Å². The van der Waals surface area contributed by atoms with E-state index in [1.165, 1.54) is 6.20 Å². The van der Waals surface area contributed by atoms with Gasteiger partial charge < -0.3 is 14.4 Å². The number of halogens is 2. The van der Waals surface area contributed by atoms with Crippen LogP contribution in [0.3, 0.4) is 0 Å². The Morgan fingerprint density at radius 2 is 2.04 bits per heavy atom. The van der Waals surface area contributed by atoms with E-state index in [-0.39, 0.29) is 29.2 Å². The van der Waals surface area contributed by atoms with Crippen LogP contribution in [0, 0.1) is 5.82 Å². The molecule has 8 heteroatoms. The first-order valence-electron chi connectivity index (χ1n) is 9.13. The Balaban J connectivity index is 1.62. The fourth-order valence-corrected chi connectivity index (χ4v) is 3.39. The number of pyridine rings is 1. The van der Waals surface area contributed by atoms with Gasteiger partial charge in [-0.1, -0.05) is 41.9 Å². The fourth-order valence-electron chi connectivity index (χ4n) is 3.25. The van der Waals surface area contributed by atoms with Crippen LogP contribution in [0.4, 0.5) is 4.39 Å². The second kappa shape index (κ2) is 8.24. The van der Waals surface area contributed by atoms with Crippen LogP contribution < -0.4 is 9.47 Å². The summed E-state index contributed by atoms with van der Waals surface area (Å²) in [5, 5.41) is 0.102. The van der Waals surface area contributed by atoms with E-state index in [1.807, 2.05) is 30.3 Å². The SMILES string of the molecule is CN1CCCC1COc1nc(OCc2ccccc2)c2cnc(Cl)c(F)c2n1. The summed E-state index contributed by atoms with van der Waals surface area (Å²) < 4.78 is 26.1. The summed E-state index contributed by atoms with van der Waals surface area (Å²) >= 11 is 5.83. The van der Waals surface area contributed by atoms with Crippen LogP contribution in [0.2, 0.25) is 5.15 Å². The molecule has 28 heavy (non-hydrogen) atoms. The Hall–Kier alpha value is -2.51. The molecule has 1 aromatic carbocycles. The third-order valence-electron chi connectivity index (χ3n) is 4.88. The minimum absolute atomic E-state index is 0.0350. The molecule has 0 spiro atoms. The summed E-state index contributed by atoms with van der Waals surface area (Å²) in [7, 11) is 2.06. The number of aromatic nitrogens is 3. The fraction of sp³-hybridized carbons (Fsp3) is 0.350. The van der Waals surface area contributed by atoms with Crippen molar-refractivity contribution in [3.05, 3.63) is 53.1 Å². The van der Waals surface area contributed by atoms with E-state index in [0.29, 0.717) is 18.0 Å². The predicted molar refractivity (Wildman–Crippen MR) is 104 cm³/mol. The normalized spacial score (nSPS) is 17.2. The molecule has 0 bridgehead atoms. The number of rotatable bonds is 6. The Labute approximate surface area is 167 Å². The minimum atomic E-state index is -0.714. The molecule has 1 aliphatic heterocycles. The highest BCUT2D eigenvalue weighted by Gasteiger charge is 2.23. The summed E-state index contributed by atoms with van der Waals surface area (Å²) in [5.41, 5.74) is 1.000. The molecule has 146 valence electrons. The molecule has 1 unspecified atom stereocenters. The van der Waals surface area contributed by atoms with Gasteiger partial charge in [-0.05, 0) is 32.0 Å². The zero-order valence-electron chi connectivity index (χ0n) is 15.4. The van der Waals surface area contributed by atoms with Gasteiger partial charge in [-0.15, -0.1) is 0 Å². The minimum Gasteiger partial charge on any atom is -0.472 e. The van der Waals surface area contributed by atoms with Gasteiger partial charge >= 0.3 is 6.01 Å². The first kappa shape index (κ1) is 18.8. The van der Waals surface area contributed by atoms with E-state index in [2.05, 4.69) is 26.9 Å². The second-order valence-electron chi connectivity index (χ2n) is 6.80. The van der Waals surface area contributed by atoms with Gasteiger partial charge in [0, 0.05) is 12.2 Å². The molecule has 1 atom stereocenters. The highest BCUT2D eigenvalue weighted by molar-refractivity contribution is 6.30. The summed E-state index contributed by atoms with van der Waals surface area (Å²) in [6.45, 7) is 1.75. The molecule has 0 N–H and O–H groups in total. The van der Waals surface area contributed by atoms with Crippen molar-refractivity contribution in [2.24, 2.45) is 0 Å². The van der Waals surface area contributed by atoms with Gasteiger partial charge in [-0.25, -0.2) is 9.37 Å². The third-order valence-corrected chi connectivity index (χ3v) is 5.14. The van der Waals surface area contributed by atoms with Crippen LogP contribution in [-0.4, -0.2) is 46.1 Å². The van der Waals surface area contributed by atoms with E-state index in [9.17, 15) is 4.39 Å². The number of nitrogens with zero attached hydrogens (tertiary/aromatic N) is 4. The summed E-state index contributed by atoms with van der Waals surface area (Å²) in [5.74, 6) is -0.499. The van der Waals surface area contributed by atoms with Gasteiger partial charge in [0.15, 0.2) is 11.0 Å². The van der Waals surface area contributed by atoms with Crippen molar-refractivity contribution in [2.45, 2.75) is 25.5 Å².